The second-order valence-corrected chi connectivity index (χ2v) is 18.0. The van der Waals surface area contributed by atoms with Crippen molar-refractivity contribution in [1.82, 2.24) is 29.7 Å². The number of halogens is 9. The zero-order chi connectivity index (χ0) is 48.5. The number of nitrogens with zero attached hydrogens (tertiary/aromatic N) is 4. The van der Waals surface area contributed by atoms with Crippen LogP contribution in [0.4, 0.5) is 42.1 Å². The Labute approximate surface area is 398 Å². The van der Waals surface area contributed by atoms with Crippen molar-refractivity contribution in [1.29, 1.82) is 0 Å². The van der Waals surface area contributed by atoms with E-state index >= 15 is 0 Å². The summed E-state index contributed by atoms with van der Waals surface area (Å²) in [4.78, 5) is 33.7. The fraction of sp³-hybridized carbons (Fsp3) is 0.292. The number of nitrogens with one attached hydrogen (secondary N) is 4. The Hall–Kier alpha value is -6.34. The Balaban J connectivity index is 0.000000189. The van der Waals surface area contributed by atoms with E-state index < -0.39 is 31.0 Å². The molecule has 5 aromatic carbocycles. The largest absolute Gasteiger partial charge is 0.457 e. The van der Waals surface area contributed by atoms with Gasteiger partial charge in [-0.05, 0) is 111 Å². The normalized spacial score (nSPS) is 13.8. The molecule has 0 aliphatic heterocycles. The molecule has 2 aliphatic carbocycles. The molecule has 68 heavy (non-hydrogen) atoms. The van der Waals surface area contributed by atoms with Gasteiger partial charge in [-0.15, -0.1) is 0 Å². The number of ether oxygens (including phenoxy) is 1. The monoisotopic (exact) mass is 1030 g/mol. The van der Waals surface area contributed by atoms with Crippen LogP contribution < -0.4 is 26.0 Å². The molecule has 9 rings (SSSR count). The lowest BCUT2D eigenvalue weighted by Crippen LogP contribution is -2.26. The molecule has 2 fully saturated rings. The third kappa shape index (κ3) is 12.0. The third-order valence-electron chi connectivity index (χ3n) is 11.1. The lowest BCUT2D eigenvalue weighted by molar-refractivity contribution is -0.132. The van der Waals surface area contributed by atoms with E-state index in [0.717, 1.165) is 58.6 Å². The van der Waals surface area contributed by atoms with Gasteiger partial charge in [-0.1, -0.05) is 27.5 Å². The number of hydrogen-bond donors (Lipinski definition) is 4. The zero-order valence-electron chi connectivity index (χ0n) is 36.4. The van der Waals surface area contributed by atoms with Crippen LogP contribution in [0.5, 0.6) is 11.5 Å². The van der Waals surface area contributed by atoms with E-state index in [0.29, 0.717) is 44.7 Å². The number of rotatable bonds is 14. The summed E-state index contributed by atoms with van der Waals surface area (Å²) in [5.41, 5.74) is 7.45. The molecule has 7 aromatic rings. The van der Waals surface area contributed by atoms with Crippen LogP contribution in [0.2, 0.25) is 5.02 Å². The smallest absolute Gasteiger partial charge is 0.390 e. The number of fused-ring (bicyclic) bond motifs is 2. The highest BCUT2D eigenvalue weighted by Gasteiger charge is 2.29. The zero-order valence-corrected chi connectivity index (χ0v) is 38.7. The maximum Gasteiger partial charge on any atom is 0.390 e. The van der Waals surface area contributed by atoms with Gasteiger partial charge < -0.3 is 26.0 Å². The van der Waals surface area contributed by atoms with E-state index in [9.17, 15) is 40.3 Å². The van der Waals surface area contributed by atoms with Crippen LogP contribution in [-0.2, 0) is 0 Å². The number of aromatic nitrogens is 4. The molecular weight excluding hydrogens is 985 g/mol. The molecule has 2 aromatic heterocycles. The van der Waals surface area contributed by atoms with Crippen LogP contribution in [0.25, 0.3) is 33.4 Å². The summed E-state index contributed by atoms with van der Waals surface area (Å²) >= 11 is 9.18. The molecule has 11 nitrogen and oxygen atoms in total. The molecule has 0 spiro atoms. The van der Waals surface area contributed by atoms with Gasteiger partial charge in [0.2, 0.25) is 0 Å². The van der Waals surface area contributed by atoms with Crippen molar-refractivity contribution in [2.24, 2.45) is 0 Å². The first-order valence-corrected chi connectivity index (χ1v) is 22.7. The molecule has 0 bridgehead atoms. The van der Waals surface area contributed by atoms with Crippen LogP contribution in [0.15, 0.2) is 96.0 Å². The Kier molecular flexibility index (Phi) is 14.0. The summed E-state index contributed by atoms with van der Waals surface area (Å²) in [7, 11) is 0. The van der Waals surface area contributed by atoms with Crippen LogP contribution in [0.1, 0.15) is 70.4 Å². The van der Waals surface area contributed by atoms with E-state index in [1.807, 2.05) is 42.7 Å². The maximum atomic E-state index is 14.0. The van der Waals surface area contributed by atoms with Gasteiger partial charge >= 0.3 is 12.4 Å². The first-order chi connectivity index (χ1) is 32.3. The molecule has 20 heteroatoms. The second-order valence-electron chi connectivity index (χ2n) is 16.6. The van der Waals surface area contributed by atoms with Gasteiger partial charge in [-0.25, -0.2) is 14.4 Å². The fourth-order valence-electron chi connectivity index (χ4n) is 7.35. The van der Waals surface area contributed by atoms with E-state index in [1.165, 1.54) is 18.2 Å². The second kappa shape index (κ2) is 19.7. The summed E-state index contributed by atoms with van der Waals surface area (Å²) in [5, 5.41) is 11.5. The van der Waals surface area contributed by atoms with Crippen molar-refractivity contribution in [3.8, 4) is 22.9 Å². The molecular formula is C48H43BrClF7N8O3. The van der Waals surface area contributed by atoms with Gasteiger partial charge in [0.1, 0.15) is 41.0 Å². The first-order valence-electron chi connectivity index (χ1n) is 21.5. The molecule has 0 radical (unpaired) electrons. The SMILES string of the molecule is Cc1cc(-n2cnc3c(NCCC(F)(F)F)cc(Br)cc32)ccc1C(=O)NC1CC1.Cc1cc(-n2cnc3c(NCCC(F)(F)F)cc(Oc4ccc(Cl)c(F)c4)cc32)ccc1C(=O)NC1CC1. The molecule has 2 amide bonds. The van der Waals surface area contributed by atoms with Gasteiger partial charge in [0.25, 0.3) is 11.8 Å². The predicted molar refractivity (Wildman–Crippen MR) is 250 cm³/mol. The van der Waals surface area contributed by atoms with E-state index in [4.69, 9.17) is 16.3 Å². The first kappa shape index (κ1) is 48.1. The lowest BCUT2D eigenvalue weighted by atomic mass is 10.1. The minimum atomic E-state index is -4.33. The quantitative estimate of drug-likeness (QED) is 0.0799. The van der Waals surface area contributed by atoms with Crippen molar-refractivity contribution in [2.75, 3.05) is 23.7 Å². The van der Waals surface area contributed by atoms with Gasteiger partial charge in [0, 0.05) is 70.3 Å². The molecule has 0 atom stereocenters. The third-order valence-corrected chi connectivity index (χ3v) is 11.9. The van der Waals surface area contributed by atoms with Crippen molar-refractivity contribution in [3.05, 3.63) is 129 Å². The minimum Gasteiger partial charge on any atom is -0.457 e. The van der Waals surface area contributed by atoms with Crippen LogP contribution in [0, 0.1) is 19.7 Å². The summed E-state index contributed by atoms with van der Waals surface area (Å²) in [5.74, 6) is -0.446. The number of imidazole rings is 2. The van der Waals surface area contributed by atoms with Gasteiger partial charge in [-0.3, -0.25) is 18.7 Å². The standard InChI is InChI=1S/C27H23ClF4N4O2.C21H20BrF3N4O/c1-15-10-17(4-6-20(15)26(37)35-16-2-3-16)36-14-34-25-23(33-9-8-27(30,31)32)12-19(13-24(25)36)38-18-5-7-21(28)22(29)11-18;1-12-8-15(4-5-16(12)20(30)28-14-2-3-14)29-11-27-19-17(9-13(22)10-18(19)29)26-7-6-21(23,24)25/h4-7,10-14,16,33H,2-3,8-9H2,1H3,(H,35,37);4-5,8-11,14,26H,2-3,6-7H2,1H3,(H,28,30). The fourth-order valence-corrected chi connectivity index (χ4v) is 7.92. The van der Waals surface area contributed by atoms with Gasteiger partial charge in [-0.2, -0.15) is 26.3 Å². The average Bonchev–Trinajstić information content (AvgIpc) is 4.18. The van der Waals surface area contributed by atoms with E-state index in [-0.39, 0.29) is 53.5 Å². The molecule has 0 saturated heterocycles. The molecule has 2 heterocycles. The molecule has 2 aliphatic rings. The molecule has 356 valence electrons. The Bertz CT molecular complexity index is 3020. The summed E-state index contributed by atoms with van der Waals surface area (Å²) in [6, 6.07) is 22.1. The number of alkyl halides is 6. The topological polar surface area (TPSA) is 127 Å². The maximum absolute atomic E-state index is 14.0. The Morgan fingerprint density at radius 3 is 1.62 bits per heavy atom. The Morgan fingerprint density at radius 1 is 0.676 bits per heavy atom. The van der Waals surface area contributed by atoms with Crippen molar-refractivity contribution in [2.45, 2.75) is 76.8 Å². The van der Waals surface area contributed by atoms with Crippen molar-refractivity contribution in [3.63, 3.8) is 0 Å². The minimum absolute atomic E-state index is 0.0648. The van der Waals surface area contributed by atoms with Crippen molar-refractivity contribution < 1.29 is 45.1 Å². The van der Waals surface area contributed by atoms with E-state index in [1.54, 1.807) is 47.6 Å². The van der Waals surface area contributed by atoms with Crippen LogP contribution >= 0.6 is 27.5 Å². The van der Waals surface area contributed by atoms with E-state index in [2.05, 4.69) is 47.2 Å². The number of amides is 2. The number of hydrogen-bond acceptors (Lipinski definition) is 7. The van der Waals surface area contributed by atoms with Gasteiger partial charge in [0.15, 0.2) is 0 Å². The van der Waals surface area contributed by atoms with Crippen molar-refractivity contribution >= 4 is 72.8 Å². The summed E-state index contributed by atoms with van der Waals surface area (Å²) in [6.45, 7) is 3.11. The summed E-state index contributed by atoms with van der Waals surface area (Å²) in [6.07, 6.45) is -3.32. The number of anilines is 2. The highest BCUT2D eigenvalue weighted by atomic mass is 79.9. The average molecular weight is 1030 g/mol. The predicted octanol–water partition coefficient (Wildman–Crippen LogP) is 12.5. The summed E-state index contributed by atoms with van der Waals surface area (Å²) < 4.78 is 99.9. The Morgan fingerprint density at radius 2 is 1.16 bits per heavy atom. The highest BCUT2D eigenvalue weighted by Crippen LogP contribution is 2.35. The lowest BCUT2D eigenvalue weighted by Gasteiger charge is -2.14. The number of aryl methyl sites for hydroxylation is 2. The molecule has 2 saturated carbocycles. The molecule has 4 N–H and O–H groups in total. The number of carbonyl (C=O) groups is 2. The van der Waals surface area contributed by atoms with Crippen LogP contribution in [0.3, 0.4) is 0 Å². The molecule has 0 unspecified atom stereocenters. The number of benzene rings is 5. The number of carbonyl (C=O) groups excluding carboxylic acids is 2. The highest BCUT2D eigenvalue weighted by molar-refractivity contribution is 9.10. The van der Waals surface area contributed by atoms with Crippen LogP contribution in [-0.4, -0.2) is 68.4 Å². The van der Waals surface area contributed by atoms with Gasteiger partial charge in [0.05, 0.1) is 40.3 Å².